The third kappa shape index (κ3) is 4.51. The molecule has 0 unspecified atom stereocenters. The van der Waals surface area contributed by atoms with Gasteiger partial charge in [0, 0.05) is 0 Å². The summed E-state index contributed by atoms with van der Waals surface area (Å²) >= 11 is 6.13. The van der Waals surface area contributed by atoms with Gasteiger partial charge in [-0.25, -0.2) is 8.42 Å². The molecule has 0 saturated carbocycles. The molecule has 3 N–H and O–H groups in total. The van der Waals surface area contributed by atoms with Crippen molar-refractivity contribution in [2.24, 2.45) is 0 Å². The van der Waals surface area contributed by atoms with Crippen LogP contribution in [0.3, 0.4) is 0 Å². The molecule has 0 fully saturated rings. The van der Waals surface area contributed by atoms with Gasteiger partial charge in [0.25, 0.3) is 5.91 Å². The molecule has 9 heteroatoms. The topological polar surface area (TPSA) is 96.5 Å². The van der Waals surface area contributed by atoms with Gasteiger partial charge < -0.3 is 15.4 Å². The molecule has 0 radical (unpaired) electrons. The SMILES string of the molecule is CCCS(=O)(=O)Nc1ccc2c(c1)NC(=O)c1ccc(-c3ccc(Cl)c(OC)c3)cc1N2. The summed E-state index contributed by atoms with van der Waals surface area (Å²) in [4.78, 5) is 12.8. The standard InChI is InChI=1S/C23H22ClN3O4S/c1-3-10-32(29,30)27-16-6-9-19-21(13-16)26-23(28)17-7-4-14(11-20(17)25-19)15-5-8-18(24)22(12-15)31-2/h4-9,11-13,25,27H,3,10H2,1-2H3,(H,26,28). The van der Waals surface area contributed by atoms with E-state index < -0.39 is 10.0 Å². The largest absolute Gasteiger partial charge is 0.495 e. The maximum absolute atomic E-state index is 12.8. The highest BCUT2D eigenvalue weighted by Gasteiger charge is 2.21. The van der Waals surface area contributed by atoms with Crippen LogP contribution in [0.1, 0.15) is 23.7 Å². The van der Waals surface area contributed by atoms with Gasteiger partial charge in [-0.1, -0.05) is 30.7 Å². The second-order valence-electron chi connectivity index (χ2n) is 7.37. The van der Waals surface area contributed by atoms with Crippen molar-refractivity contribution in [3.05, 3.63) is 65.2 Å². The third-order valence-electron chi connectivity index (χ3n) is 5.03. The van der Waals surface area contributed by atoms with Gasteiger partial charge in [0.2, 0.25) is 10.0 Å². The molecule has 0 aliphatic carbocycles. The van der Waals surface area contributed by atoms with Crippen LogP contribution < -0.4 is 20.1 Å². The predicted octanol–water partition coefficient (Wildman–Crippen LogP) is 5.48. The van der Waals surface area contributed by atoms with Crippen LogP contribution in [0.5, 0.6) is 5.75 Å². The second kappa shape index (κ2) is 8.72. The molecule has 1 amide bonds. The van der Waals surface area contributed by atoms with Gasteiger partial charge in [0.1, 0.15) is 5.75 Å². The van der Waals surface area contributed by atoms with Gasteiger partial charge in [0.05, 0.1) is 46.2 Å². The zero-order valence-electron chi connectivity index (χ0n) is 17.5. The number of fused-ring (bicyclic) bond motifs is 2. The molecule has 0 aromatic heterocycles. The van der Waals surface area contributed by atoms with Crippen molar-refractivity contribution in [1.29, 1.82) is 0 Å². The summed E-state index contributed by atoms with van der Waals surface area (Å²) in [5.74, 6) is 0.298. The predicted molar refractivity (Wildman–Crippen MR) is 129 cm³/mol. The molecule has 0 bridgehead atoms. The zero-order valence-corrected chi connectivity index (χ0v) is 19.1. The Morgan fingerprint density at radius 2 is 1.69 bits per heavy atom. The van der Waals surface area contributed by atoms with Crippen molar-refractivity contribution in [2.45, 2.75) is 13.3 Å². The fraction of sp³-hybridized carbons (Fsp3) is 0.174. The number of benzene rings is 3. The van der Waals surface area contributed by atoms with E-state index in [4.69, 9.17) is 16.3 Å². The van der Waals surface area contributed by atoms with Crippen LogP contribution in [0, 0.1) is 0 Å². The summed E-state index contributed by atoms with van der Waals surface area (Å²) in [7, 11) is -1.88. The molecule has 1 aliphatic heterocycles. The van der Waals surface area contributed by atoms with Crippen LogP contribution in [0.4, 0.5) is 22.7 Å². The van der Waals surface area contributed by atoms with E-state index in [1.54, 1.807) is 44.4 Å². The number of methoxy groups -OCH3 is 1. The number of halogens is 1. The summed E-state index contributed by atoms with van der Waals surface area (Å²) < 4.78 is 32.0. The normalized spacial score (nSPS) is 12.7. The third-order valence-corrected chi connectivity index (χ3v) is 6.84. The molecule has 0 saturated heterocycles. The van der Waals surface area contributed by atoms with E-state index in [1.165, 1.54) is 0 Å². The first-order chi connectivity index (χ1) is 15.3. The van der Waals surface area contributed by atoms with Crippen LogP contribution in [0.15, 0.2) is 54.6 Å². The smallest absolute Gasteiger partial charge is 0.257 e. The highest BCUT2D eigenvalue weighted by Crippen LogP contribution is 2.37. The van der Waals surface area contributed by atoms with Crippen LogP contribution in [0.25, 0.3) is 11.1 Å². The Labute approximate surface area is 191 Å². The van der Waals surface area contributed by atoms with Crippen LogP contribution >= 0.6 is 11.6 Å². The van der Waals surface area contributed by atoms with Crippen LogP contribution in [-0.4, -0.2) is 27.2 Å². The van der Waals surface area contributed by atoms with Gasteiger partial charge in [-0.2, -0.15) is 0 Å². The van der Waals surface area contributed by atoms with Crippen molar-refractivity contribution < 1.29 is 17.9 Å². The number of ether oxygens (including phenoxy) is 1. The Morgan fingerprint density at radius 3 is 2.44 bits per heavy atom. The van der Waals surface area contributed by atoms with Crippen molar-refractivity contribution >= 4 is 50.3 Å². The number of hydrogen-bond acceptors (Lipinski definition) is 5. The molecule has 1 aliphatic rings. The lowest BCUT2D eigenvalue weighted by Gasteiger charge is -2.13. The zero-order chi connectivity index (χ0) is 22.9. The van der Waals surface area contributed by atoms with Crippen molar-refractivity contribution in [2.75, 3.05) is 28.2 Å². The minimum absolute atomic E-state index is 0.0262. The molecule has 32 heavy (non-hydrogen) atoms. The number of amides is 1. The van der Waals surface area contributed by atoms with Crippen LogP contribution in [-0.2, 0) is 10.0 Å². The molecular formula is C23H22ClN3O4S. The van der Waals surface area contributed by atoms with Gasteiger partial charge in [-0.3, -0.25) is 9.52 Å². The van der Waals surface area contributed by atoms with E-state index in [1.807, 2.05) is 24.3 Å². The van der Waals surface area contributed by atoms with Gasteiger partial charge in [0.15, 0.2) is 0 Å². The number of sulfonamides is 1. The van der Waals surface area contributed by atoms with E-state index in [9.17, 15) is 13.2 Å². The average Bonchev–Trinajstić information content (AvgIpc) is 2.88. The second-order valence-corrected chi connectivity index (χ2v) is 9.62. The number of carbonyl (C=O) groups is 1. The highest BCUT2D eigenvalue weighted by molar-refractivity contribution is 7.92. The molecule has 0 atom stereocenters. The molecule has 0 spiro atoms. The summed E-state index contributed by atoms with van der Waals surface area (Å²) in [5.41, 5.74) is 4.40. The summed E-state index contributed by atoms with van der Waals surface area (Å²) in [6, 6.07) is 15.9. The molecule has 3 aromatic carbocycles. The Kier molecular flexibility index (Phi) is 5.99. The maximum Gasteiger partial charge on any atom is 0.257 e. The molecule has 7 nitrogen and oxygen atoms in total. The van der Waals surface area contributed by atoms with Crippen molar-refractivity contribution in [1.82, 2.24) is 0 Å². The Bertz CT molecular complexity index is 1310. The first-order valence-corrected chi connectivity index (χ1v) is 12.0. The van der Waals surface area contributed by atoms with E-state index in [0.29, 0.717) is 45.5 Å². The van der Waals surface area contributed by atoms with E-state index in [-0.39, 0.29) is 11.7 Å². The quantitative estimate of drug-likeness (QED) is 0.442. The minimum Gasteiger partial charge on any atom is -0.495 e. The van der Waals surface area contributed by atoms with Crippen molar-refractivity contribution in [3.63, 3.8) is 0 Å². The summed E-state index contributed by atoms with van der Waals surface area (Å²) in [5, 5.41) is 6.65. The molecule has 3 aromatic rings. The lowest BCUT2D eigenvalue weighted by Crippen LogP contribution is -2.16. The fourth-order valence-corrected chi connectivity index (χ4v) is 4.84. The van der Waals surface area contributed by atoms with Gasteiger partial charge in [-0.15, -0.1) is 0 Å². The average molecular weight is 472 g/mol. The van der Waals surface area contributed by atoms with E-state index in [0.717, 1.165) is 11.1 Å². The number of nitrogens with one attached hydrogen (secondary N) is 3. The first-order valence-electron chi connectivity index (χ1n) is 10.0. The molecule has 1 heterocycles. The van der Waals surface area contributed by atoms with E-state index in [2.05, 4.69) is 15.4 Å². The monoisotopic (exact) mass is 471 g/mol. The van der Waals surface area contributed by atoms with Gasteiger partial charge >= 0.3 is 0 Å². The van der Waals surface area contributed by atoms with Crippen LogP contribution in [0.2, 0.25) is 5.02 Å². The number of anilines is 4. The Balaban J connectivity index is 1.68. The Hall–Kier alpha value is -3.23. The summed E-state index contributed by atoms with van der Waals surface area (Å²) in [6.07, 6.45) is 0.510. The maximum atomic E-state index is 12.8. The Morgan fingerprint density at radius 1 is 0.938 bits per heavy atom. The highest BCUT2D eigenvalue weighted by atomic mass is 35.5. The lowest BCUT2D eigenvalue weighted by molar-refractivity contribution is 0.102. The number of hydrogen-bond donors (Lipinski definition) is 3. The minimum atomic E-state index is -3.44. The summed E-state index contributed by atoms with van der Waals surface area (Å²) in [6.45, 7) is 1.80. The molecule has 4 rings (SSSR count). The number of rotatable bonds is 6. The van der Waals surface area contributed by atoms with E-state index >= 15 is 0 Å². The lowest BCUT2D eigenvalue weighted by atomic mass is 10.0. The molecule has 166 valence electrons. The fourth-order valence-electron chi connectivity index (χ4n) is 3.52. The van der Waals surface area contributed by atoms with Crippen molar-refractivity contribution in [3.8, 4) is 16.9 Å². The van der Waals surface area contributed by atoms with Gasteiger partial charge in [-0.05, 0) is 60.0 Å². The number of carbonyl (C=O) groups excluding carboxylic acids is 1. The first kappa shape index (κ1) is 22.0. The molecular weight excluding hydrogens is 450 g/mol.